The van der Waals surface area contributed by atoms with Crippen molar-refractivity contribution in [2.24, 2.45) is 0 Å². The normalized spacial score (nSPS) is 12.8. The SMILES string of the molecule is CC\C=C/C=C\C=C/CCCCCCCCCC(=O)OCC(COC(=O)CCCCCCCCC/C=C\CCCCCCCCCC)OC(=O)CCCCC/C=C\C/C=C\C/C=C\C/C=C\CC. The smallest absolute Gasteiger partial charge is 0.306 e. The molecule has 0 spiro atoms. The third-order valence-electron chi connectivity index (χ3n) is 11.9. The van der Waals surface area contributed by atoms with Crippen LogP contribution in [-0.4, -0.2) is 37.2 Å². The van der Waals surface area contributed by atoms with Gasteiger partial charge in [-0.2, -0.15) is 0 Å². The number of rotatable bonds is 50. The van der Waals surface area contributed by atoms with Crippen molar-refractivity contribution in [1.82, 2.24) is 0 Å². The highest BCUT2D eigenvalue weighted by molar-refractivity contribution is 5.71. The van der Waals surface area contributed by atoms with Crippen LogP contribution in [0.3, 0.4) is 0 Å². The molecule has 0 heterocycles. The van der Waals surface area contributed by atoms with E-state index in [2.05, 4.69) is 118 Å². The molecule has 6 heteroatoms. The van der Waals surface area contributed by atoms with E-state index in [-0.39, 0.29) is 37.5 Å². The van der Waals surface area contributed by atoms with Crippen molar-refractivity contribution in [3.8, 4) is 0 Å². The molecular formula is C62H104O6. The lowest BCUT2D eigenvalue weighted by molar-refractivity contribution is -0.167. The predicted octanol–water partition coefficient (Wildman–Crippen LogP) is 18.9. The molecule has 1 atom stereocenters. The van der Waals surface area contributed by atoms with E-state index in [1.807, 2.05) is 0 Å². The molecule has 0 aliphatic rings. The van der Waals surface area contributed by atoms with E-state index >= 15 is 0 Å². The van der Waals surface area contributed by atoms with Gasteiger partial charge in [0.1, 0.15) is 13.2 Å². The van der Waals surface area contributed by atoms with Crippen LogP contribution in [0.2, 0.25) is 0 Å². The molecule has 0 bridgehead atoms. The molecule has 0 aromatic carbocycles. The molecule has 6 nitrogen and oxygen atoms in total. The second kappa shape index (κ2) is 55.9. The Bertz CT molecular complexity index is 1360. The standard InChI is InChI=1S/C62H104O6/c1-4-7-10-13-16-19-22-25-28-30-31-32-35-37-40-43-46-49-52-55-61(64)67-58-59(57-66-60(63)54-51-48-45-42-39-36-33-27-24-21-18-15-12-9-6-3)68-62(65)56-53-50-47-44-41-38-34-29-26-23-20-17-14-11-8-5-2/h8-9,11-12,15,17-18,20-21,24,26,29-31,38,41,59H,4-7,10,13-14,16,19,22-23,25,27-28,32-37,39-40,42-58H2,1-3H3/b11-8-,12-9-,18-15-,20-17-,24-21-,29-26-,31-30-,41-38-. The van der Waals surface area contributed by atoms with E-state index in [1.165, 1.54) is 116 Å². The number of carbonyl (C=O) groups is 3. The van der Waals surface area contributed by atoms with E-state index in [1.54, 1.807) is 0 Å². The Kier molecular flexibility index (Phi) is 52.9. The molecule has 0 amide bonds. The van der Waals surface area contributed by atoms with Gasteiger partial charge in [0, 0.05) is 19.3 Å². The largest absolute Gasteiger partial charge is 0.462 e. The van der Waals surface area contributed by atoms with Crippen LogP contribution in [0.5, 0.6) is 0 Å². The fraction of sp³-hybridized carbons (Fsp3) is 0.694. The molecule has 0 radical (unpaired) electrons. The third kappa shape index (κ3) is 53.3. The van der Waals surface area contributed by atoms with Gasteiger partial charge in [-0.25, -0.2) is 0 Å². The summed E-state index contributed by atoms with van der Waals surface area (Å²) in [5.41, 5.74) is 0. The number of ether oxygens (including phenoxy) is 3. The monoisotopic (exact) mass is 945 g/mol. The molecule has 0 saturated heterocycles. The van der Waals surface area contributed by atoms with Gasteiger partial charge in [0.15, 0.2) is 6.10 Å². The van der Waals surface area contributed by atoms with E-state index in [0.717, 1.165) is 103 Å². The molecule has 0 aliphatic carbocycles. The summed E-state index contributed by atoms with van der Waals surface area (Å²) in [5.74, 6) is -0.943. The first-order valence-electron chi connectivity index (χ1n) is 28.3. The van der Waals surface area contributed by atoms with Crippen molar-refractivity contribution < 1.29 is 28.6 Å². The molecule has 0 N–H and O–H groups in total. The molecule has 0 rings (SSSR count). The van der Waals surface area contributed by atoms with Crippen LogP contribution < -0.4 is 0 Å². The summed E-state index contributed by atoms with van der Waals surface area (Å²) in [7, 11) is 0. The third-order valence-corrected chi connectivity index (χ3v) is 11.9. The Balaban J connectivity index is 4.44. The zero-order valence-electron chi connectivity index (χ0n) is 44.3. The average Bonchev–Trinajstić information content (AvgIpc) is 3.34. The van der Waals surface area contributed by atoms with E-state index in [4.69, 9.17) is 14.2 Å². The van der Waals surface area contributed by atoms with Gasteiger partial charge in [0.05, 0.1) is 0 Å². The molecule has 68 heavy (non-hydrogen) atoms. The van der Waals surface area contributed by atoms with Crippen molar-refractivity contribution in [2.45, 2.75) is 264 Å². The molecule has 0 saturated carbocycles. The lowest BCUT2D eigenvalue weighted by atomic mass is 10.1. The van der Waals surface area contributed by atoms with Crippen LogP contribution in [0, 0.1) is 0 Å². The van der Waals surface area contributed by atoms with Gasteiger partial charge in [-0.3, -0.25) is 14.4 Å². The minimum absolute atomic E-state index is 0.0972. The summed E-state index contributed by atoms with van der Waals surface area (Å²) in [6.45, 7) is 6.36. The molecule has 0 aliphatic heterocycles. The van der Waals surface area contributed by atoms with Gasteiger partial charge < -0.3 is 14.2 Å². The number of unbranched alkanes of at least 4 members (excludes halogenated alkanes) is 25. The van der Waals surface area contributed by atoms with Crippen LogP contribution in [0.15, 0.2) is 97.2 Å². The van der Waals surface area contributed by atoms with Gasteiger partial charge in [-0.15, -0.1) is 0 Å². The Morgan fingerprint density at radius 1 is 0.324 bits per heavy atom. The zero-order chi connectivity index (χ0) is 49.3. The highest BCUT2D eigenvalue weighted by Crippen LogP contribution is 2.15. The van der Waals surface area contributed by atoms with Gasteiger partial charge in [0.2, 0.25) is 0 Å². The summed E-state index contributed by atoms with van der Waals surface area (Å²) in [5, 5.41) is 0. The summed E-state index contributed by atoms with van der Waals surface area (Å²) in [6, 6.07) is 0. The van der Waals surface area contributed by atoms with E-state index < -0.39 is 6.10 Å². The van der Waals surface area contributed by atoms with Crippen molar-refractivity contribution in [3.63, 3.8) is 0 Å². The number of hydrogen-bond acceptors (Lipinski definition) is 6. The maximum atomic E-state index is 12.8. The number of hydrogen-bond donors (Lipinski definition) is 0. The predicted molar refractivity (Wildman–Crippen MR) is 293 cm³/mol. The van der Waals surface area contributed by atoms with Crippen LogP contribution in [0.4, 0.5) is 0 Å². The van der Waals surface area contributed by atoms with E-state index in [0.29, 0.717) is 12.8 Å². The average molecular weight is 946 g/mol. The van der Waals surface area contributed by atoms with Crippen molar-refractivity contribution >= 4 is 17.9 Å². The second-order valence-corrected chi connectivity index (χ2v) is 18.5. The lowest BCUT2D eigenvalue weighted by Crippen LogP contribution is -2.30. The van der Waals surface area contributed by atoms with Crippen LogP contribution in [-0.2, 0) is 28.6 Å². The number of carbonyl (C=O) groups excluding carboxylic acids is 3. The highest BCUT2D eigenvalue weighted by Gasteiger charge is 2.19. The first-order valence-corrected chi connectivity index (χ1v) is 28.3. The van der Waals surface area contributed by atoms with Crippen molar-refractivity contribution in [1.29, 1.82) is 0 Å². The summed E-state index contributed by atoms with van der Waals surface area (Å²) >= 11 is 0. The van der Waals surface area contributed by atoms with Crippen LogP contribution in [0.1, 0.15) is 258 Å². The topological polar surface area (TPSA) is 78.9 Å². The van der Waals surface area contributed by atoms with Gasteiger partial charge in [-0.05, 0) is 103 Å². The Morgan fingerprint density at radius 3 is 1.09 bits per heavy atom. The van der Waals surface area contributed by atoms with Gasteiger partial charge in [-0.1, -0.05) is 234 Å². The minimum Gasteiger partial charge on any atom is -0.462 e. The van der Waals surface area contributed by atoms with Gasteiger partial charge >= 0.3 is 17.9 Å². The first kappa shape index (κ1) is 64.3. The fourth-order valence-electron chi connectivity index (χ4n) is 7.66. The molecule has 0 aromatic heterocycles. The quantitative estimate of drug-likeness (QED) is 0.0199. The summed E-state index contributed by atoms with van der Waals surface area (Å²) in [6.07, 6.45) is 74.0. The number of esters is 3. The Labute approximate surface area is 419 Å². The number of allylic oxidation sites excluding steroid dienone is 16. The maximum absolute atomic E-state index is 12.8. The van der Waals surface area contributed by atoms with Crippen molar-refractivity contribution in [2.75, 3.05) is 13.2 Å². The maximum Gasteiger partial charge on any atom is 0.306 e. The summed E-state index contributed by atoms with van der Waals surface area (Å²) in [4.78, 5) is 38.1. The fourth-order valence-corrected chi connectivity index (χ4v) is 7.66. The first-order chi connectivity index (χ1) is 33.5. The van der Waals surface area contributed by atoms with Crippen LogP contribution >= 0.6 is 0 Å². The Morgan fingerprint density at radius 2 is 0.647 bits per heavy atom. The molecule has 0 aromatic rings. The molecule has 1 unspecified atom stereocenters. The van der Waals surface area contributed by atoms with Gasteiger partial charge in [0.25, 0.3) is 0 Å². The highest BCUT2D eigenvalue weighted by atomic mass is 16.6. The molecule has 0 fully saturated rings. The van der Waals surface area contributed by atoms with Crippen molar-refractivity contribution in [3.05, 3.63) is 97.2 Å². The molecule has 388 valence electrons. The summed E-state index contributed by atoms with van der Waals surface area (Å²) < 4.78 is 16.8. The van der Waals surface area contributed by atoms with Crippen LogP contribution in [0.25, 0.3) is 0 Å². The second-order valence-electron chi connectivity index (χ2n) is 18.5. The molecular weight excluding hydrogens is 841 g/mol. The zero-order valence-corrected chi connectivity index (χ0v) is 44.3. The minimum atomic E-state index is -0.802. The Hall–Kier alpha value is -3.67. The van der Waals surface area contributed by atoms with E-state index in [9.17, 15) is 14.4 Å². The lowest BCUT2D eigenvalue weighted by Gasteiger charge is -2.18.